The van der Waals surface area contributed by atoms with Crippen molar-refractivity contribution in [3.63, 3.8) is 0 Å². The fourth-order valence-electron chi connectivity index (χ4n) is 6.06. The number of hydrogen-bond acceptors (Lipinski definition) is 9. The minimum absolute atomic E-state index is 0.0411. The number of ether oxygens (including phenoxy) is 2. The number of aromatic nitrogens is 1. The lowest BCUT2D eigenvalue weighted by atomic mass is 9.67. The van der Waals surface area contributed by atoms with Gasteiger partial charge >= 0.3 is 5.97 Å². The van der Waals surface area contributed by atoms with Crippen LogP contribution in [0.5, 0.6) is 11.5 Å². The lowest BCUT2D eigenvalue weighted by molar-refractivity contribution is -0.119. The SMILES string of the molecule is COc1cc(C(C2=C(O)CC(C)(C)CC2=O)C2=C(O)CC(C)(C)CC2=O)ccc1OC(=O)c1cc(-c2ccc(C)cc2)on1. The van der Waals surface area contributed by atoms with Gasteiger partial charge in [-0.1, -0.05) is 68.7 Å². The van der Waals surface area contributed by atoms with Crippen molar-refractivity contribution in [2.45, 2.75) is 66.2 Å². The number of benzene rings is 2. The number of Topliss-reactive ketones (excluding diaryl/α,β-unsaturated/α-hetero) is 2. The second-order valence-electron chi connectivity index (χ2n) is 13.3. The van der Waals surface area contributed by atoms with Crippen LogP contribution in [-0.4, -0.2) is 40.0 Å². The van der Waals surface area contributed by atoms with Gasteiger partial charge in [-0.25, -0.2) is 4.79 Å². The summed E-state index contributed by atoms with van der Waals surface area (Å²) in [4.78, 5) is 40.0. The zero-order chi connectivity index (χ0) is 32.0. The molecule has 0 fully saturated rings. The molecule has 0 saturated carbocycles. The lowest BCUT2D eigenvalue weighted by Crippen LogP contribution is -2.33. The summed E-state index contributed by atoms with van der Waals surface area (Å²) in [5.41, 5.74) is 1.47. The van der Waals surface area contributed by atoms with Crippen LogP contribution < -0.4 is 9.47 Å². The van der Waals surface area contributed by atoms with Gasteiger partial charge in [0.05, 0.1) is 7.11 Å². The molecule has 9 heteroatoms. The van der Waals surface area contributed by atoms with Crippen molar-refractivity contribution in [3.05, 3.63) is 88.0 Å². The summed E-state index contributed by atoms with van der Waals surface area (Å²) >= 11 is 0. The van der Waals surface area contributed by atoms with Crippen LogP contribution in [0.3, 0.4) is 0 Å². The molecule has 0 aliphatic heterocycles. The van der Waals surface area contributed by atoms with E-state index in [1.165, 1.54) is 19.2 Å². The second kappa shape index (κ2) is 11.4. The van der Waals surface area contributed by atoms with Crippen molar-refractivity contribution >= 4 is 17.5 Å². The molecule has 9 nitrogen and oxygen atoms in total. The Morgan fingerprint density at radius 1 is 0.841 bits per heavy atom. The van der Waals surface area contributed by atoms with Crippen LogP contribution in [0.15, 0.2) is 75.7 Å². The van der Waals surface area contributed by atoms with E-state index in [1.54, 1.807) is 12.1 Å². The zero-order valence-electron chi connectivity index (χ0n) is 25.8. The molecule has 5 rings (SSSR count). The molecule has 0 saturated heterocycles. The molecule has 0 radical (unpaired) electrons. The maximum atomic E-state index is 13.5. The maximum Gasteiger partial charge on any atom is 0.366 e. The molecule has 0 atom stereocenters. The Labute approximate surface area is 256 Å². The van der Waals surface area contributed by atoms with Gasteiger partial charge in [0.1, 0.15) is 11.5 Å². The number of rotatable bonds is 7. The lowest BCUT2D eigenvalue weighted by Gasteiger charge is -2.36. The van der Waals surface area contributed by atoms with Gasteiger partial charge in [0.2, 0.25) is 0 Å². The number of aryl methyl sites for hydroxylation is 1. The summed E-state index contributed by atoms with van der Waals surface area (Å²) in [7, 11) is 1.40. The molecule has 1 aromatic heterocycles. The van der Waals surface area contributed by atoms with Crippen LogP contribution in [0.4, 0.5) is 0 Å². The summed E-state index contributed by atoms with van der Waals surface area (Å²) in [6.45, 7) is 9.53. The molecule has 2 N–H and O–H groups in total. The molecular weight excluding hydrogens is 562 g/mol. The third-order valence-electron chi connectivity index (χ3n) is 8.15. The fraction of sp³-hybridized carbons (Fsp3) is 0.371. The number of carbonyl (C=O) groups excluding carboxylic acids is 3. The van der Waals surface area contributed by atoms with Crippen LogP contribution in [0, 0.1) is 17.8 Å². The van der Waals surface area contributed by atoms with E-state index in [1.807, 2.05) is 58.9 Å². The maximum absolute atomic E-state index is 13.5. The number of allylic oxidation sites excluding steroid dienone is 4. The Hall–Kier alpha value is -4.66. The number of nitrogens with zero attached hydrogens (tertiary/aromatic N) is 1. The largest absolute Gasteiger partial charge is 0.512 e. The number of esters is 1. The van der Waals surface area contributed by atoms with E-state index < -0.39 is 22.7 Å². The Bertz CT molecular complexity index is 1650. The highest BCUT2D eigenvalue weighted by Crippen LogP contribution is 2.49. The first-order valence-electron chi connectivity index (χ1n) is 14.5. The average molecular weight is 600 g/mol. The number of aliphatic hydroxyl groups excluding tert-OH is 2. The molecule has 3 aromatic rings. The normalized spacial score (nSPS) is 18.2. The number of ketones is 2. The summed E-state index contributed by atoms with van der Waals surface area (Å²) in [6.07, 6.45) is 0.832. The molecule has 2 aromatic carbocycles. The van der Waals surface area contributed by atoms with E-state index in [-0.39, 0.29) is 77.1 Å². The Balaban J connectivity index is 1.52. The molecule has 0 unspecified atom stereocenters. The molecule has 0 amide bonds. The fourth-order valence-corrected chi connectivity index (χ4v) is 6.06. The molecule has 0 spiro atoms. The second-order valence-corrected chi connectivity index (χ2v) is 13.3. The van der Waals surface area contributed by atoms with Crippen molar-refractivity contribution in [1.29, 1.82) is 0 Å². The first-order valence-corrected chi connectivity index (χ1v) is 14.5. The highest BCUT2D eigenvalue weighted by molar-refractivity contribution is 6.05. The number of carbonyl (C=O) groups is 3. The molecule has 2 aliphatic rings. The van der Waals surface area contributed by atoms with Gasteiger partial charge in [0, 0.05) is 54.4 Å². The molecule has 1 heterocycles. The van der Waals surface area contributed by atoms with Gasteiger partial charge < -0.3 is 24.2 Å². The summed E-state index contributed by atoms with van der Waals surface area (Å²) in [5.74, 6) is -2.00. The van der Waals surface area contributed by atoms with Gasteiger partial charge in [0.15, 0.2) is 34.5 Å². The van der Waals surface area contributed by atoms with E-state index in [4.69, 9.17) is 14.0 Å². The third kappa shape index (κ3) is 6.18. The monoisotopic (exact) mass is 599 g/mol. The van der Waals surface area contributed by atoms with Crippen molar-refractivity contribution in [2.24, 2.45) is 10.8 Å². The van der Waals surface area contributed by atoms with Crippen LogP contribution in [0.1, 0.15) is 80.9 Å². The summed E-state index contributed by atoms with van der Waals surface area (Å²) < 4.78 is 16.5. The topological polar surface area (TPSA) is 136 Å². The zero-order valence-corrected chi connectivity index (χ0v) is 25.8. The van der Waals surface area contributed by atoms with Crippen LogP contribution in [0.2, 0.25) is 0 Å². The predicted molar refractivity (Wildman–Crippen MR) is 163 cm³/mol. The predicted octanol–water partition coefficient (Wildman–Crippen LogP) is 7.36. The van der Waals surface area contributed by atoms with Gasteiger partial charge in [0.25, 0.3) is 0 Å². The van der Waals surface area contributed by atoms with Crippen molar-refractivity contribution < 1.29 is 38.6 Å². The number of aliphatic hydroxyl groups is 2. The summed E-state index contributed by atoms with van der Waals surface area (Å²) in [5, 5.41) is 26.2. The van der Waals surface area contributed by atoms with E-state index in [0.29, 0.717) is 11.3 Å². The Kier molecular flexibility index (Phi) is 8.01. The molecule has 44 heavy (non-hydrogen) atoms. The Morgan fingerprint density at radius 2 is 1.41 bits per heavy atom. The van der Waals surface area contributed by atoms with Crippen molar-refractivity contribution in [2.75, 3.05) is 7.11 Å². The first-order chi connectivity index (χ1) is 20.7. The summed E-state index contributed by atoms with van der Waals surface area (Å²) in [6, 6.07) is 13.7. The minimum atomic E-state index is -1.03. The van der Waals surface area contributed by atoms with Gasteiger partial charge in [-0.3, -0.25) is 9.59 Å². The van der Waals surface area contributed by atoms with Gasteiger partial charge in [-0.2, -0.15) is 0 Å². The molecular formula is C35H37NO8. The third-order valence-corrected chi connectivity index (χ3v) is 8.15. The molecule has 0 bridgehead atoms. The van der Waals surface area contributed by atoms with E-state index >= 15 is 0 Å². The van der Waals surface area contributed by atoms with E-state index in [9.17, 15) is 24.6 Å². The highest BCUT2D eigenvalue weighted by atomic mass is 16.6. The van der Waals surface area contributed by atoms with Crippen LogP contribution in [-0.2, 0) is 9.59 Å². The van der Waals surface area contributed by atoms with Gasteiger partial charge in [-0.15, -0.1) is 0 Å². The quantitative estimate of drug-likeness (QED) is 0.211. The van der Waals surface area contributed by atoms with Crippen molar-refractivity contribution in [3.8, 4) is 22.8 Å². The van der Waals surface area contributed by atoms with E-state index in [0.717, 1.165) is 11.1 Å². The standard InChI is InChI=1S/C35H37NO8/c1-19-7-9-20(10-8-19)28-14-22(36-44-28)33(41)43-27-12-11-21(13-29(27)42-6)30(31-23(37)15-34(2,3)16-24(31)38)32-25(39)17-35(4,5)18-26(32)40/h7-14,30,37,39H,15-18H2,1-6H3. The average Bonchev–Trinajstić information content (AvgIpc) is 3.41. The van der Waals surface area contributed by atoms with Crippen LogP contribution in [0.25, 0.3) is 11.3 Å². The smallest absolute Gasteiger partial charge is 0.366 e. The first kappa shape index (κ1) is 30.8. The molecule has 230 valence electrons. The van der Waals surface area contributed by atoms with Crippen LogP contribution >= 0.6 is 0 Å². The Morgan fingerprint density at radius 3 is 1.93 bits per heavy atom. The van der Waals surface area contributed by atoms with E-state index in [2.05, 4.69) is 5.16 Å². The molecule has 2 aliphatic carbocycles. The minimum Gasteiger partial charge on any atom is -0.512 e. The number of hydrogen-bond donors (Lipinski definition) is 2. The highest BCUT2D eigenvalue weighted by Gasteiger charge is 2.44. The number of methoxy groups -OCH3 is 1. The van der Waals surface area contributed by atoms with Crippen molar-refractivity contribution in [1.82, 2.24) is 5.16 Å². The van der Waals surface area contributed by atoms with Gasteiger partial charge in [-0.05, 0) is 35.4 Å².